The second-order valence-corrected chi connectivity index (χ2v) is 8.97. The zero-order chi connectivity index (χ0) is 20.9. The SMILES string of the molecule is CC(=O)OCC(=CC(=O)O)CCC1C(OC=O)C=CC2C(C)(C)CCCC12C. The lowest BCUT2D eigenvalue weighted by Crippen LogP contribution is -2.51. The average molecular weight is 392 g/mol. The second kappa shape index (κ2) is 8.93. The van der Waals surface area contributed by atoms with Crippen molar-refractivity contribution in [3.63, 3.8) is 0 Å². The van der Waals surface area contributed by atoms with E-state index in [1.807, 2.05) is 6.08 Å². The van der Waals surface area contributed by atoms with Crippen LogP contribution in [0.3, 0.4) is 0 Å². The van der Waals surface area contributed by atoms with Gasteiger partial charge in [0.05, 0.1) is 0 Å². The molecule has 6 nitrogen and oxygen atoms in total. The molecule has 2 aliphatic carbocycles. The van der Waals surface area contributed by atoms with E-state index in [2.05, 4.69) is 26.8 Å². The van der Waals surface area contributed by atoms with E-state index in [0.717, 1.165) is 25.3 Å². The van der Waals surface area contributed by atoms with Crippen LogP contribution in [0.2, 0.25) is 0 Å². The summed E-state index contributed by atoms with van der Waals surface area (Å²) in [7, 11) is 0. The molecule has 0 bridgehead atoms. The lowest BCUT2D eigenvalue weighted by Gasteiger charge is -2.56. The maximum absolute atomic E-state index is 11.1. The average Bonchev–Trinajstić information content (AvgIpc) is 2.57. The molecule has 0 radical (unpaired) electrons. The minimum Gasteiger partial charge on any atom is -0.478 e. The first-order valence-electron chi connectivity index (χ1n) is 9.93. The van der Waals surface area contributed by atoms with Crippen molar-refractivity contribution in [1.82, 2.24) is 0 Å². The standard InChI is InChI=1S/C22H32O6/c1-15(24)27-13-16(12-20(25)26)6-7-17-18(28-14-23)8-9-19-21(2,3)10-5-11-22(17,19)4/h8-9,12,14,17-19H,5-7,10-11,13H2,1-4H3,(H,25,26). The summed E-state index contributed by atoms with van der Waals surface area (Å²) in [4.78, 5) is 33.3. The van der Waals surface area contributed by atoms with Crippen molar-refractivity contribution in [2.24, 2.45) is 22.7 Å². The van der Waals surface area contributed by atoms with E-state index in [1.54, 1.807) is 0 Å². The molecule has 0 aliphatic heterocycles. The Labute approximate surface area is 167 Å². The number of hydrogen-bond donors (Lipinski definition) is 1. The minimum atomic E-state index is -1.06. The number of allylic oxidation sites excluding steroid dienone is 1. The number of esters is 1. The summed E-state index contributed by atoms with van der Waals surface area (Å²) in [5.74, 6) is -1.07. The molecule has 6 heteroatoms. The van der Waals surface area contributed by atoms with Gasteiger partial charge in [-0.3, -0.25) is 9.59 Å². The van der Waals surface area contributed by atoms with E-state index in [-0.39, 0.29) is 29.5 Å². The van der Waals surface area contributed by atoms with Crippen LogP contribution in [-0.4, -0.2) is 36.2 Å². The van der Waals surface area contributed by atoms with Crippen molar-refractivity contribution in [2.75, 3.05) is 6.61 Å². The highest BCUT2D eigenvalue weighted by Crippen LogP contribution is 2.59. The molecule has 1 fully saturated rings. The molecule has 0 aromatic carbocycles. The fraction of sp³-hybridized carbons (Fsp3) is 0.682. The lowest BCUT2D eigenvalue weighted by atomic mass is 9.49. The van der Waals surface area contributed by atoms with E-state index in [4.69, 9.17) is 14.6 Å². The number of carbonyl (C=O) groups excluding carboxylic acids is 2. The van der Waals surface area contributed by atoms with Gasteiger partial charge in [-0.15, -0.1) is 0 Å². The van der Waals surface area contributed by atoms with Crippen LogP contribution in [0.15, 0.2) is 23.8 Å². The van der Waals surface area contributed by atoms with Crippen LogP contribution in [-0.2, 0) is 23.9 Å². The van der Waals surface area contributed by atoms with E-state index in [9.17, 15) is 14.4 Å². The zero-order valence-electron chi connectivity index (χ0n) is 17.3. The van der Waals surface area contributed by atoms with Gasteiger partial charge >= 0.3 is 11.9 Å². The van der Waals surface area contributed by atoms with Crippen LogP contribution >= 0.6 is 0 Å². The molecule has 0 saturated heterocycles. The molecule has 4 atom stereocenters. The van der Waals surface area contributed by atoms with Crippen LogP contribution in [0, 0.1) is 22.7 Å². The number of fused-ring (bicyclic) bond motifs is 1. The maximum Gasteiger partial charge on any atom is 0.328 e. The number of rotatable bonds is 8. The number of carboxylic acid groups (broad SMARTS) is 1. The van der Waals surface area contributed by atoms with Crippen molar-refractivity contribution >= 4 is 18.4 Å². The predicted octanol–water partition coefficient (Wildman–Crippen LogP) is 3.90. The summed E-state index contributed by atoms with van der Waals surface area (Å²) in [6.45, 7) is 8.60. The molecular weight excluding hydrogens is 360 g/mol. The van der Waals surface area contributed by atoms with Gasteiger partial charge in [0.25, 0.3) is 6.47 Å². The molecular formula is C22H32O6. The third-order valence-corrected chi connectivity index (χ3v) is 6.60. The molecule has 0 heterocycles. The van der Waals surface area contributed by atoms with E-state index < -0.39 is 11.9 Å². The van der Waals surface area contributed by atoms with Gasteiger partial charge in [0.15, 0.2) is 0 Å². The molecule has 0 aromatic rings. The van der Waals surface area contributed by atoms with Crippen LogP contribution < -0.4 is 0 Å². The molecule has 28 heavy (non-hydrogen) atoms. The first-order valence-corrected chi connectivity index (χ1v) is 9.93. The van der Waals surface area contributed by atoms with Gasteiger partial charge in [-0.1, -0.05) is 33.3 Å². The second-order valence-electron chi connectivity index (χ2n) is 8.97. The van der Waals surface area contributed by atoms with Crippen molar-refractivity contribution in [3.8, 4) is 0 Å². The van der Waals surface area contributed by atoms with Crippen LogP contribution in [0.25, 0.3) is 0 Å². The third kappa shape index (κ3) is 5.03. The number of aliphatic carboxylic acids is 1. The molecule has 1 N–H and O–H groups in total. The summed E-state index contributed by atoms with van der Waals surface area (Å²) < 4.78 is 10.4. The maximum atomic E-state index is 11.1. The largest absolute Gasteiger partial charge is 0.478 e. The summed E-state index contributed by atoms with van der Waals surface area (Å²) in [5, 5.41) is 9.13. The number of hydrogen-bond acceptors (Lipinski definition) is 5. The quantitative estimate of drug-likeness (QED) is 0.292. The van der Waals surface area contributed by atoms with Gasteiger partial charge in [-0.2, -0.15) is 0 Å². The predicted molar refractivity (Wildman–Crippen MR) is 104 cm³/mol. The Hall–Kier alpha value is -2.11. The Balaban J connectivity index is 2.25. The smallest absolute Gasteiger partial charge is 0.328 e. The molecule has 4 unspecified atom stereocenters. The summed E-state index contributed by atoms with van der Waals surface area (Å²) in [5.41, 5.74) is 0.669. The molecule has 0 amide bonds. The molecule has 0 spiro atoms. The first-order chi connectivity index (χ1) is 13.1. The fourth-order valence-corrected chi connectivity index (χ4v) is 5.35. The first kappa shape index (κ1) is 22.2. The van der Waals surface area contributed by atoms with Gasteiger partial charge in [0.2, 0.25) is 0 Å². The van der Waals surface area contributed by atoms with E-state index >= 15 is 0 Å². The minimum absolute atomic E-state index is 0.0327. The van der Waals surface area contributed by atoms with Crippen molar-refractivity contribution in [3.05, 3.63) is 23.8 Å². The van der Waals surface area contributed by atoms with Gasteiger partial charge in [-0.05, 0) is 54.1 Å². The number of carboxylic acids is 1. The topological polar surface area (TPSA) is 89.9 Å². The van der Waals surface area contributed by atoms with Crippen molar-refractivity contribution < 1.29 is 29.0 Å². The zero-order valence-corrected chi connectivity index (χ0v) is 17.3. The summed E-state index contributed by atoms with van der Waals surface area (Å²) in [6.07, 6.45) is 9.42. The van der Waals surface area contributed by atoms with Crippen molar-refractivity contribution in [1.29, 1.82) is 0 Å². The Morgan fingerprint density at radius 1 is 1.21 bits per heavy atom. The summed E-state index contributed by atoms with van der Waals surface area (Å²) >= 11 is 0. The van der Waals surface area contributed by atoms with Gasteiger partial charge in [-0.25, -0.2) is 4.79 Å². The molecule has 156 valence electrons. The molecule has 0 aromatic heterocycles. The van der Waals surface area contributed by atoms with Gasteiger partial charge in [0, 0.05) is 18.9 Å². The molecule has 2 aliphatic rings. The van der Waals surface area contributed by atoms with E-state index in [0.29, 0.717) is 30.8 Å². The highest BCUT2D eigenvalue weighted by Gasteiger charge is 2.53. The molecule has 1 saturated carbocycles. The Bertz CT molecular complexity index is 662. The normalized spacial score (nSPS) is 31.6. The van der Waals surface area contributed by atoms with Crippen LogP contribution in [0.4, 0.5) is 0 Å². The van der Waals surface area contributed by atoms with Crippen LogP contribution in [0.5, 0.6) is 0 Å². The van der Waals surface area contributed by atoms with E-state index in [1.165, 1.54) is 6.92 Å². The van der Waals surface area contributed by atoms with Gasteiger partial charge < -0.3 is 14.6 Å². The Morgan fingerprint density at radius 2 is 1.93 bits per heavy atom. The summed E-state index contributed by atoms with van der Waals surface area (Å²) in [6, 6.07) is 0. The van der Waals surface area contributed by atoms with Crippen molar-refractivity contribution in [2.45, 2.75) is 65.9 Å². The van der Waals surface area contributed by atoms with Gasteiger partial charge in [0.1, 0.15) is 12.7 Å². The number of carbonyl (C=O) groups is 3. The third-order valence-electron chi connectivity index (χ3n) is 6.60. The lowest BCUT2D eigenvalue weighted by molar-refractivity contribution is -0.142. The monoisotopic (exact) mass is 392 g/mol. The fourth-order valence-electron chi connectivity index (χ4n) is 5.35. The Morgan fingerprint density at radius 3 is 2.54 bits per heavy atom. The Kier molecular flexibility index (Phi) is 7.07. The number of ether oxygens (including phenoxy) is 2. The molecule has 2 rings (SSSR count). The van der Waals surface area contributed by atoms with Crippen LogP contribution in [0.1, 0.15) is 59.8 Å². The highest BCUT2D eigenvalue weighted by atomic mass is 16.5. The highest BCUT2D eigenvalue weighted by molar-refractivity contribution is 5.80.